The second-order valence-corrected chi connectivity index (χ2v) is 6.16. The SMILES string of the molecule is CSCC(C)N(C)Cc1sccc1C#CCCO. The van der Waals surface area contributed by atoms with Crippen LogP contribution < -0.4 is 0 Å². The maximum atomic E-state index is 8.73. The minimum atomic E-state index is 0.136. The first kappa shape index (κ1) is 15.6. The third-order valence-corrected chi connectivity index (χ3v) is 4.48. The number of nitrogens with zero attached hydrogens (tertiary/aromatic N) is 1. The largest absolute Gasteiger partial charge is 0.395 e. The molecule has 0 aliphatic carbocycles. The van der Waals surface area contributed by atoms with Crippen LogP contribution in [0, 0.1) is 11.8 Å². The molecule has 0 aromatic carbocycles. The van der Waals surface area contributed by atoms with E-state index in [0.717, 1.165) is 17.9 Å². The zero-order valence-electron chi connectivity index (χ0n) is 11.3. The predicted octanol–water partition coefficient (Wildman–Crippen LogP) is 2.67. The Kier molecular flexibility index (Phi) is 7.45. The molecule has 18 heavy (non-hydrogen) atoms. The molecule has 1 heterocycles. The van der Waals surface area contributed by atoms with Gasteiger partial charge in [-0.15, -0.1) is 11.3 Å². The van der Waals surface area contributed by atoms with Crippen molar-refractivity contribution < 1.29 is 5.11 Å². The van der Waals surface area contributed by atoms with Gasteiger partial charge in [0.2, 0.25) is 0 Å². The van der Waals surface area contributed by atoms with E-state index in [9.17, 15) is 0 Å². The fourth-order valence-electron chi connectivity index (χ4n) is 1.54. The van der Waals surface area contributed by atoms with Gasteiger partial charge < -0.3 is 5.11 Å². The Balaban J connectivity index is 2.62. The van der Waals surface area contributed by atoms with Crippen LogP contribution in [0.2, 0.25) is 0 Å². The fourth-order valence-corrected chi connectivity index (χ4v) is 3.17. The molecule has 0 saturated carbocycles. The van der Waals surface area contributed by atoms with Gasteiger partial charge >= 0.3 is 0 Å². The summed E-state index contributed by atoms with van der Waals surface area (Å²) >= 11 is 3.64. The topological polar surface area (TPSA) is 23.5 Å². The summed E-state index contributed by atoms with van der Waals surface area (Å²) in [6.45, 7) is 3.33. The number of aliphatic hydroxyl groups is 1. The van der Waals surface area contributed by atoms with Crippen molar-refractivity contribution in [2.75, 3.05) is 25.7 Å². The quantitative estimate of drug-likeness (QED) is 0.812. The molecule has 1 aromatic rings. The van der Waals surface area contributed by atoms with E-state index in [0.29, 0.717) is 12.5 Å². The Hall–Kier alpha value is -0.470. The predicted molar refractivity (Wildman–Crippen MR) is 82.2 cm³/mol. The van der Waals surface area contributed by atoms with E-state index in [1.165, 1.54) is 4.88 Å². The van der Waals surface area contributed by atoms with Gasteiger partial charge in [-0.3, -0.25) is 4.90 Å². The summed E-state index contributed by atoms with van der Waals surface area (Å²) in [5.74, 6) is 7.27. The molecule has 1 N–H and O–H groups in total. The van der Waals surface area contributed by atoms with Crippen LogP contribution in [-0.4, -0.2) is 41.7 Å². The fraction of sp³-hybridized carbons (Fsp3) is 0.571. The molecule has 0 fully saturated rings. The van der Waals surface area contributed by atoms with Crippen molar-refractivity contribution in [2.24, 2.45) is 0 Å². The summed E-state index contributed by atoms with van der Waals surface area (Å²) in [7, 11) is 2.16. The first-order valence-corrected chi connectivity index (χ1v) is 8.31. The summed E-state index contributed by atoms with van der Waals surface area (Å²) in [5, 5.41) is 10.8. The van der Waals surface area contributed by atoms with Gasteiger partial charge in [-0.1, -0.05) is 11.8 Å². The average molecular weight is 283 g/mol. The van der Waals surface area contributed by atoms with Gasteiger partial charge in [0.15, 0.2) is 0 Å². The van der Waals surface area contributed by atoms with Crippen LogP contribution in [0.25, 0.3) is 0 Å². The highest BCUT2D eigenvalue weighted by Crippen LogP contribution is 2.19. The second-order valence-electron chi connectivity index (χ2n) is 4.25. The lowest BCUT2D eigenvalue weighted by Crippen LogP contribution is -2.30. The molecule has 1 atom stereocenters. The van der Waals surface area contributed by atoms with Gasteiger partial charge in [-0.05, 0) is 31.7 Å². The molecule has 100 valence electrons. The molecular weight excluding hydrogens is 262 g/mol. The molecule has 1 rings (SSSR count). The summed E-state index contributed by atoms with van der Waals surface area (Å²) in [6, 6.07) is 2.64. The van der Waals surface area contributed by atoms with Gasteiger partial charge in [0.05, 0.1) is 6.61 Å². The molecule has 0 bridgehead atoms. The molecule has 0 aliphatic rings. The van der Waals surface area contributed by atoms with Crippen LogP contribution in [0.5, 0.6) is 0 Å². The maximum absolute atomic E-state index is 8.73. The Bertz CT molecular complexity index is 405. The molecule has 2 nitrogen and oxygen atoms in total. The van der Waals surface area contributed by atoms with E-state index < -0.39 is 0 Å². The lowest BCUT2D eigenvalue weighted by atomic mass is 10.2. The van der Waals surface area contributed by atoms with Crippen molar-refractivity contribution in [3.63, 3.8) is 0 Å². The number of hydrogen-bond donors (Lipinski definition) is 1. The number of hydrogen-bond acceptors (Lipinski definition) is 4. The Morgan fingerprint density at radius 1 is 1.56 bits per heavy atom. The van der Waals surface area contributed by atoms with Crippen molar-refractivity contribution >= 4 is 23.1 Å². The van der Waals surface area contributed by atoms with Crippen molar-refractivity contribution in [2.45, 2.75) is 25.9 Å². The third-order valence-electron chi connectivity index (χ3n) is 2.76. The van der Waals surface area contributed by atoms with Crippen molar-refractivity contribution in [1.29, 1.82) is 0 Å². The molecule has 0 aliphatic heterocycles. The highest BCUT2D eigenvalue weighted by atomic mass is 32.2. The van der Waals surface area contributed by atoms with Gasteiger partial charge in [0.1, 0.15) is 0 Å². The molecule has 1 unspecified atom stereocenters. The first-order valence-electron chi connectivity index (χ1n) is 6.04. The lowest BCUT2D eigenvalue weighted by Gasteiger charge is -2.23. The first-order chi connectivity index (χ1) is 8.69. The van der Waals surface area contributed by atoms with Gasteiger partial charge in [-0.2, -0.15) is 11.8 Å². The summed E-state index contributed by atoms with van der Waals surface area (Å²) in [5.41, 5.74) is 1.11. The van der Waals surface area contributed by atoms with E-state index >= 15 is 0 Å². The maximum Gasteiger partial charge on any atom is 0.0540 e. The minimum Gasteiger partial charge on any atom is -0.395 e. The second kappa shape index (κ2) is 8.60. The van der Waals surface area contributed by atoms with Crippen molar-refractivity contribution in [3.8, 4) is 11.8 Å². The molecule has 0 spiro atoms. The molecular formula is C14H21NOS2. The Labute approximate surface area is 118 Å². The zero-order valence-corrected chi connectivity index (χ0v) is 12.9. The summed E-state index contributed by atoms with van der Waals surface area (Å²) in [4.78, 5) is 3.68. The minimum absolute atomic E-state index is 0.136. The summed E-state index contributed by atoms with van der Waals surface area (Å²) in [6.07, 6.45) is 2.69. The standard InChI is InChI=1S/C14H21NOS2/c1-12(11-17-3)15(2)10-14-13(7-9-18-14)6-4-5-8-16/h7,9,12,16H,5,8,10-11H2,1-3H3. The van der Waals surface area contributed by atoms with Crippen LogP contribution in [0.3, 0.4) is 0 Å². The van der Waals surface area contributed by atoms with E-state index in [-0.39, 0.29) is 6.61 Å². The molecule has 0 amide bonds. The van der Waals surface area contributed by atoms with Gasteiger partial charge in [0.25, 0.3) is 0 Å². The smallest absolute Gasteiger partial charge is 0.0540 e. The molecule has 4 heteroatoms. The lowest BCUT2D eigenvalue weighted by molar-refractivity contribution is 0.272. The van der Waals surface area contributed by atoms with Crippen LogP contribution in [0.4, 0.5) is 0 Å². The van der Waals surface area contributed by atoms with E-state index in [1.807, 2.05) is 11.8 Å². The van der Waals surface area contributed by atoms with Crippen molar-refractivity contribution in [1.82, 2.24) is 4.90 Å². The highest BCUT2D eigenvalue weighted by molar-refractivity contribution is 7.98. The molecule has 0 radical (unpaired) electrons. The van der Waals surface area contributed by atoms with Gasteiger partial charge in [0, 0.05) is 35.2 Å². The van der Waals surface area contributed by atoms with Crippen LogP contribution in [0.15, 0.2) is 11.4 Å². The monoisotopic (exact) mass is 283 g/mol. The van der Waals surface area contributed by atoms with Gasteiger partial charge in [-0.25, -0.2) is 0 Å². The highest BCUT2D eigenvalue weighted by Gasteiger charge is 2.11. The Morgan fingerprint density at radius 2 is 2.33 bits per heavy atom. The van der Waals surface area contributed by atoms with Crippen LogP contribution in [0.1, 0.15) is 23.8 Å². The van der Waals surface area contributed by atoms with E-state index in [4.69, 9.17) is 5.11 Å². The number of aliphatic hydroxyl groups excluding tert-OH is 1. The van der Waals surface area contributed by atoms with Crippen LogP contribution in [-0.2, 0) is 6.54 Å². The number of thioether (sulfide) groups is 1. The normalized spacial score (nSPS) is 12.3. The average Bonchev–Trinajstić information content (AvgIpc) is 2.77. The molecule has 0 saturated heterocycles. The van der Waals surface area contributed by atoms with Crippen molar-refractivity contribution in [3.05, 3.63) is 21.9 Å². The summed E-state index contributed by atoms with van der Waals surface area (Å²) < 4.78 is 0. The van der Waals surface area contributed by atoms with E-state index in [2.05, 4.69) is 48.4 Å². The zero-order chi connectivity index (χ0) is 13.4. The number of thiophene rings is 1. The third kappa shape index (κ3) is 5.03. The Morgan fingerprint density at radius 3 is 3.00 bits per heavy atom. The molecule has 1 aromatic heterocycles. The number of rotatable bonds is 6. The van der Waals surface area contributed by atoms with Crippen LogP contribution >= 0.6 is 23.1 Å². The van der Waals surface area contributed by atoms with E-state index in [1.54, 1.807) is 11.3 Å².